The van der Waals surface area contributed by atoms with Gasteiger partial charge in [-0.15, -0.1) is 6.58 Å². The van der Waals surface area contributed by atoms with E-state index < -0.39 is 9.52 Å². The minimum absolute atomic E-state index is 0.744. The molecule has 0 heterocycles. The van der Waals surface area contributed by atoms with Crippen molar-refractivity contribution >= 4 is 21.1 Å². The molecule has 1 aromatic carbocycles. The lowest BCUT2D eigenvalue weighted by Crippen LogP contribution is -2.01. The van der Waals surface area contributed by atoms with Crippen molar-refractivity contribution in [3.8, 4) is 0 Å². The lowest BCUT2D eigenvalue weighted by Gasteiger charge is -2.09. The second-order valence-electron chi connectivity index (χ2n) is 4.32. The molecule has 2 nitrogen and oxygen atoms in total. The molecule has 1 aromatic rings. The molecule has 0 aliphatic heterocycles. The van der Waals surface area contributed by atoms with E-state index in [-0.39, 0.29) is 0 Å². The lowest BCUT2D eigenvalue weighted by molar-refractivity contribution is 0.685. The summed E-state index contributed by atoms with van der Waals surface area (Å²) in [5.74, 6) is 3.68. The van der Waals surface area contributed by atoms with E-state index in [0.29, 0.717) is 0 Å². The molecule has 0 fully saturated rings. The number of nitrogens with two attached hydrogens (primary N) is 1. The van der Waals surface area contributed by atoms with Crippen molar-refractivity contribution in [3.63, 3.8) is 0 Å². The van der Waals surface area contributed by atoms with E-state index in [1.165, 1.54) is 0 Å². The average Bonchev–Trinajstić information content (AvgIpc) is 2.14. The third-order valence-corrected chi connectivity index (χ3v) is 3.69. The van der Waals surface area contributed by atoms with Gasteiger partial charge in [0.25, 0.3) is 0 Å². The van der Waals surface area contributed by atoms with Crippen molar-refractivity contribution in [1.29, 1.82) is 0 Å². The Balaban J connectivity index is 3.04. The monoisotopic (exact) mass is 237 g/mol. The van der Waals surface area contributed by atoms with E-state index in [1.54, 1.807) is 18.4 Å². The molecule has 2 N–H and O–H groups in total. The maximum absolute atomic E-state index is 11.8. The molecule has 0 saturated heterocycles. The summed E-state index contributed by atoms with van der Waals surface area (Å²) in [6, 6.07) is 5.49. The normalized spacial score (nSPS) is 14.4. The molecule has 0 radical (unpaired) electrons. The zero-order valence-electron chi connectivity index (χ0n) is 9.95. The average molecular weight is 237 g/mol. The molecule has 0 aliphatic rings. The second kappa shape index (κ2) is 4.74. The smallest absolute Gasteiger partial charge is 0.0347 e. The number of allylic oxidation sites excluding steroid dienone is 1. The number of nitrogen functional groups attached to an aromatic ring is 1. The first-order chi connectivity index (χ1) is 7.30. The SMILES string of the molecule is C=C(C)CCc1cc(S(=C)(C)=O)ccc1N. The predicted octanol–water partition coefficient (Wildman–Crippen LogP) is 2.48. The number of rotatable bonds is 4. The number of hydrogen-bond donors (Lipinski definition) is 1. The van der Waals surface area contributed by atoms with Crippen molar-refractivity contribution in [1.82, 2.24) is 0 Å². The number of benzene rings is 1. The Morgan fingerprint density at radius 3 is 2.62 bits per heavy atom. The Labute approximate surface area is 98.2 Å². The van der Waals surface area contributed by atoms with Crippen LogP contribution in [0.25, 0.3) is 0 Å². The molecule has 88 valence electrons. The van der Waals surface area contributed by atoms with Crippen molar-refractivity contribution in [3.05, 3.63) is 35.9 Å². The van der Waals surface area contributed by atoms with Crippen LogP contribution in [0.1, 0.15) is 18.9 Å². The summed E-state index contributed by atoms with van der Waals surface area (Å²) in [6.07, 6.45) is 3.38. The molecule has 0 saturated carbocycles. The van der Waals surface area contributed by atoms with Gasteiger partial charge in [-0.2, -0.15) is 0 Å². The zero-order valence-corrected chi connectivity index (χ0v) is 10.8. The Morgan fingerprint density at radius 2 is 2.12 bits per heavy atom. The predicted molar refractivity (Wildman–Crippen MR) is 73.4 cm³/mol. The first kappa shape index (κ1) is 12.8. The van der Waals surface area contributed by atoms with Gasteiger partial charge in [0.05, 0.1) is 0 Å². The van der Waals surface area contributed by atoms with Gasteiger partial charge in [-0.25, -0.2) is 0 Å². The van der Waals surface area contributed by atoms with Gasteiger partial charge < -0.3 is 5.73 Å². The number of anilines is 1. The molecule has 0 bridgehead atoms. The van der Waals surface area contributed by atoms with Crippen LogP contribution in [0.5, 0.6) is 0 Å². The first-order valence-corrected chi connectivity index (χ1v) is 7.29. The summed E-state index contributed by atoms with van der Waals surface area (Å²) < 4.78 is 11.8. The minimum atomic E-state index is -2.16. The van der Waals surface area contributed by atoms with Crippen LogP contribution in [0.15, 0.2) is 35.2 Å². The van der Waals surface area contributed by atoms with Gasteiger partial charge in [0.2, 0.25) is 0 Å². The maximum Gasteiger partial charge on any atom is 0.0347 e. The molecule has 0 amide bonds. The van der Waals surface area contributed by atoms with Crippen molar-refractivity contribution in [2.45, 2.75) is 24.7 Å². The highest BCUT2D eigenvalue weighted by Crippen LogP contribution is 2.20. The second-order valence-corrected chi connectivity index (χ2v) is 6.80. The molecule has 1 unspecified atom stereocenters. The van der Waals surface area contributed by atoms with Crippen molar-refractivity contribution in [2.24, 2.45) is 0 Å². The Kier molecular flexibility index (Phi) is 3.81. The highest BCUT2D eigenvalue weighted by atomic mass is 32.2. The molecular weight excluding hydrogens is 218 g/mol. The maximum atomic E-state index is 11.8. The van der Waals surface area contributed by atoms with Crippen LogP contribution in [-0.4, -0.2) is 16.3 Å². The first-order valence-electron chi connectivity index (χ1n) is 5.16. The molecule has 0 aliphatic carbocycles. The molecule has 1 atom stereocenters. The molecule has 1 rings (SSSR count). The van der Waals surface area contributed by atoms with Gasteiger partial charge in [0, 0.05) is 16.8 Å². The van der Waals surface area contributed by atoms with Crippen LogP contribution >= 0.6 is 0 Å². The Bertz CT molecular complexity index is 501. The van der Waals surface area contributed by atoms with E-state index in [0.717, 1.165) is 34.6 Å². The Morgan fingerprint density at radius 1 is 1.50 bits per heavy atom. The fourth-order valence-corrected chi connectivity index (χ4v) is 2.16. The summed E-state index contributed by atoms with van der Waals surface area (Å²) in [7, 11) is -2.16. The van der Waals surface area contributed by atoms with Crippen LogP contribution < -0.4 is 5.73 Å². The molecule has 3 heteroatoms. The van der Waals surface area contributed by atoms with Crippen LogP contribution in [0.2, 0.25) is 0 Å². The van der Waals surface area contributed by atoms with E-state index in [2.05, 4.69) is 12.4 Å². The van der Waals surface area contributed by atoms with Crippen LogP contribution in [0.3, 0.4) is 0 Å². The highest BCUT2D eigenvalue weighted by Gasteiger charge is 2.05. The summed E-state index contributed by atoms with van der Waals surface area (Å²) in [4.78, 5) is 0.762. The van der Waals surface area contributed by atoms with Crippen LogP contribution in [-0.2, 0) is 15.9 Å². The van der Waals surface area contributed by atoms with Gasteiger partial charge in [0.15, 0.2) is 0 Å². The van der Waals surface area contributed by atoms with Gasteiger partial charge in [-0.1, -0.05) is 5.57 Å². The topological polar surface area (TPSA) is 43.1 Å². The van der Waals surface area contributed by atoms with Crippen LogP contribution in [0.4, 0.5) is 5.69 Å². The number of hydrogen-bond acceptors (Lipinski definition) is 2. The quantitative estimate of drug-likeness (QED) is 0.496. The van der Waals surface area contributed by atoms with Crippen molar-refractivity contribution in [2.75, 3.05) is 12.0 Å². The van der Waals surface area contributed by atoms with Gasteiger partial charge >= 0.3 is 0 Å². The summed E-state index contributed by atoms with van der Waals surface area (Å²) >= 11 is 0. The third kappa shape index (κ3) is 3.42. The summed E-state index contributed by atoms with van der Waals surface area (Å²) in [5.41, 5.74) is 8.77. The van der Waals surface area contributed by atoms with E-state index in [9.17, 15) is 4.21 Å². The van der Waals surface area contributed by atoms with E-state index in [4.69, 9.17) is 5.73 Å². The standard InChI is InChI=1S/C13H19NOS/c1-10(2)5-6-11-9-12(16(3,4)15)7-8-13(11)14/h7-9H,1,3,5-6,14H2,2,4H3. The van der Waals surface area contributed by atoms with Gasteiger partial charge in [-0.3, -0.25) is 4.21 Å². The van der Waals surface area contributed by atoms with Crippen molar-refractivity contribution < 1.29 is 4.21 Å². The van der Waals surface area contributed by atoms with Crippen LogP contribution in [0, 0.1) is 0 Å². The van der Waals surface area contributed by atoms with Gasteiger partial charge in [0.1, 0.15) is 0 Å². The Hall–Kier alpha value is -1.22. The molecule has 0 aromatic heterocycles. The third-order valence-electron chi connectivity index (χ3n) is 2.43. The van der Waals surface area contributed by atoms with E-state index >= 15 is 0 Å². The van der Waals surface area contributed by atoms with E-state index in [1.807, 2.05) is 13.0 Å². The fraction of sp³-hybridized carbons (Fsp3) is 0.308. The molecule has 0 spiro atoms. The summed E-state index contributed by atoms with van der Waals surface area (Å²) in [5, 5.41) is 0. The zero-order chi connectivity index (χ0) is 12.3. The molecule has 16 heavy (non-hydrogen) atoms. The lowest BCUT2D eigenvalue weighted by atomic mass is 10.1. The summed E-state index contributed by atoms with van der Waals surface area (Å²) in [6.45, 7) is 5.85. The fourth-order valence-electron chi connectivity index (χ4n) is 1.42. The minimum Gasteiger partial charge on any atom is -0.399 e. The highest BCUT2D eigenvalue weighted by molar-refractivity contribution is 7.99. The molecular formula is C13H19NOS. The van der Waals surface area contributed by atoms with Gasteiger partial charge in [-0.05, 0) is 58.9 Å². The largest absolute Gasteiger partial charge is 0.399 e. The number of aryl methyl sites for hydroxylation is 1.